The number of likely N-dealkylation sites (tertiary alicyclic amines) is 1. The highest BCUT2D eigenvalue weighted by Gasteiger charge is 2.57. The summed E-state index contributed by atoms with van der Waals surface area (Å²) in [6, 6.07) is 18.0. The van der Waals surface area contributed by atoms with E-state index in [1.54, 1.807) is 0 Å². The largest absolute Gasteiger partial charge is 0.451 e. The number of carbonyl (C=O) groups is 3. The van der Waals surface area contributed by atoms with Crippen molar-refractivity contribution >= 4 is 41.5 Å². The summed E-state index contributed by atoms with van der Waals surface area (Å²) in [6.45, 7) is 3.89. The average molecular weight is 526 g/mol. The van der Waals surface area contributed by atoms with Crippen LogP contribution in [0.5, 0.6) is 0 Å². The molecule has 2 aliphatic rings. The Balaban J connectivity index is 1.58. The Morgan fingerprint density at radius 2 is 1.75 bits per heavy atom. The summed E-state index contributed by atoms with van der Waals surface area (Å²) in [5, 5.41) is 9.29. The molecule has 0 bridgehead atoms. The van der Waals surface area contributed by atoms with Crippen LogP contribution in [0.15, 0.2) is 72.8 Å². The molecule has 186 valence electrons. The van der Waals surface area contributed by atoms with Gasteiger partial charge in [-0.2, -0.15) is 5.26 Å². The molecule has 0 radical (unpaired) electrons. The number of nitrogens with zero attached hydrogens (tertiary/aromatic N) is 3. The average Bonchev–Trinajstić information content (AvgIpc) is 2.89. The Morgan fingerprint density at radius 3 is 2.17 bits per heavy atom. The van der Waals surface area contributed by atoms with Crippen LogP contribution in [-0.4, -0.2) is 57.6 Å². The number of esters is 1. The lowest BCUT2D eigenvalue weighted by molar-refractivity contribution is -0.173. The molecule has 1 aliphatic heterocycles. The number of amides is 2. The van der Waals surface area contributed by atoms with E-state index < -0.39 is 35.6 Å². The maximum Gasteiger partial charge on any atom is 0.334 e. The number of carbonyl (C=O) groups excluding carboxylic acids is 3. The lowest BCUT2D eigenvalue weighted by atomic mass is 9.78. The molecule has 7 nitrogen and oxygen atoms in total. The number of hydrogen-bond acceptors (Lipinski definition) is 5. The fraction of sp³-hybridized carbons (Fsp3) is 0.333. The Morgan fingerprint density at radius 1 is 1.17 bits per heavy atom. The summed E-state index contributed by atoms with van der Waals surface area (Å²) in [5.41, 5.74) is 0.742. The Hall–Kier alpha value is -3.34. The number of β-lactam (4-membered cyclic amide) rings is 1. The molecule has 1 heterocycles. The number of halogens is 2. The van der Waals surface area contributed by atoms with Crippen LogP contribution in [0.1, 0.15) is 30.1 Å². The molecule has 1 aliphatic carbocycles. The minimum Gasteiger partial charge on any atom is -0.451 e. The second kappa shape index (κ2) is 11.2. The van der Waals surface area contributed by atoms with Crippen molar-refractivity contribution in [2.45, 2.75) is 42.6 Å². The smallest absolute Gasteiger partial charge is 0.334 e. The SMILES string of the molecule is C=C(CCl)C(C(=O)OC(c1ccccc1)c1ccccc1)N1C(=O)C(N(C=O)C2CCC2C#N)C1Cl. The number of nitriles is 1. The van der Waals surface area contributed by atoms with Crippen molar-refractivity contribution in [3.05, 3.63) is 83.9 Å². The van der Waals surface area contributed by atoms with Gasteiger partial charge < -0.3 is 14.5 Å². The molecule has 0 N–H and O–H groups in total. The molecule has 5 atom stereocenters. The van der Waals surface area contributed by atoms with E-state index >= 15 is 0 Å². The van der Waals surface area contributed by atoms with Crippen molar-refractivity contribution in [3.8, 4) is 6.07 Å². The second-order valence-corrected chi connectivity index (χ2v) is 9.54. The Kier molecular flexibility index (Phi) is 7.97. The number of ether oxygens (including phenoxy) is 1. The van der Waals surface area contributed by atoms with Gasteiger partial charge in [0, 0.05) is 11.9 Å². The van der Waals surface area contributed by atoms with E-state index in [-0.39, 0.29) is 23.4 Å². The molecular formula is C27H25Cl2N3O4. The van der Waals surface area contributed by atoms with Gasteiger partial charge in [0.15, 0.2) is 12.1 Å². The molecule has 36 heavy (non-hydrogen) atoms. The normalized spacial score (nSPS) is 23.6. The zero-order valence-electron chi connectivity index (χ0n) is 19.4. The Bertz CT molecular complexity index is 1130. The van der Waals surface area contributed by atoms with Crippen LogP contribution in [0.25, 0.3) is 0 Å². The predicted octanol–water partition coefficient (Wildman–Crippen LogP) is 4.02. The van der Waals surface area contributed by atoms with Crippen LogP contribution >= 0.6 is 23.2 Å². The van der Waals surface area contributed by atoms with E-state index in [4.69, 9.17) is 27.9 Å². The van der Waals surface area contributed by atoms with Crippen molar-refractivity contribution in [3.63, 3.8) is 0 Å². The first-order chi connectivity index (χ1) is 17.4. The molecule has 1 saturated heterocycles. The molecule has 2 fully saturated rings. The first kappa shape index (κ1) is 25.7. The van der Waals surface area contributed by atoms with E-state index in [0.717, 1.165) is 16.0 Å². The minimum atomic E-state index is -1.23. The molecular weight excluding hydrogens is 501 g/mol. The van der Waals surface area contributed by atoms with Gasteiger partial charge in [0.25, 0.3) is 5.91 Å². The van der Waals surface area contributed by atoms with Crippen LogP contribution in [-0.2, 0) is 19.1 Å². The lowest BCUT2D eigenvalue weighted by Crippen LogP contribution is -2.74. The molecule has 2 aromatic carbocycles. The van der Waals surface area contributed by atoms with Crippen molar-refractivity contribution in [1.29, 1.82) is 5.26 Å². The van der Waals surface area contributed by atoms with Crippen molar-refractivity contribution in [2.75, 3.05) is 5.88 Å². The van der Waals surface area contributed by atoms with E-state index in [1.165, 1.54) is 4.90 Å². The van der Waals surface area contributed by atoms with Gasteiger partial charge in [0.1, 0.15) is 11.5 Å². The first-order valence-electron chi connectivity index (χ1n) is 11.6. The zero-order valence-corrected chi connectivity index (χ0v) is 20.9. The highest BCUT2D eigenvalue weighted by atomic mass is 35.5. The first-order valence-corrected chi connectivity index (χ1v) is 12.5. The van der Waals surface area contributed by atoms with Gasteiger partial charge >= 0.3 is 5.97 Å². The molecule has 2 amide bonds. The summed E-state index contributed by atoms with van der Waals surface area (Å²) in [6.07, 6.45) is 1.08. The Labute approximate surface area is 219 Å². The molecule has 0 spiro atoms. The number of alkyl halides is 2. The maximum absolute atomic E-state index is 13.6. The summed E-state index contributed by atoms with van der Waals surface area (Å²) in [7, 11) is 0. The third-order valence-corrected chi connectivity index (χ3v) is 7.55. The van der Waals surface area contributed by atoms with Gasteiger partial charge in [-0.3, -0.25) is 9.59 Å². The third kappa shape index (κ3) is 4.71. The van der Waals surface area contributed by atoms with Gasteiger partial charge in [0.05, 0.1) is 12.0 Å². The van der Waals surface area contributed by atoms with Crippen LogP contribution in [0.4, 0.5) is 0 Å². The molecule has 4 rings (SSSR count). The second-order valence-electron chi connectivity index (χ2n) is 8.83. The summed E-state index contributed by atoms with van der Waals surface area (Å²) in [5.74, 6) is -1.70. The lowest BCUT2D eigenvalue weighted by Gasteiger charge is -2.53. The van der Waals surface area contributed by atoms with E-state index in [0.29, 0.717) is 19.3 Å². The quantitative estimate of drug-likeness (QED) is 0.117. The fourth-order valence-corrected chi connectivity index (χ4v) is 5.25. The maximum atomic E-state index is 13.6. The van der Waals surface area contributed by atoms with Crippen LogP contribution < -0.4 is 0 Å². The predicted molar refractivity (Wildman–Crippen MR) is 135 cm³/mol. The molecule has 9 heteroatoms. The van der Waals surface area contributed by atoms with Gasteiger partial charge in [-0.1, -0.05) is 78.8 Å². The summed E-state index contributed by atoms with van der Waals surface area (Å²) in [4.78, 5) is 41.1. The number of rotatable bonds is 10. The highest BCUT2D eigenvalue weighted by Crippen LogP contribution is 2.39. The van der Waals surface area contributed by atoms with Crippen molar-refractivity contribution < 1.29 is 19.1 Å². The van der Waals surface area contributed by atoms with Crippen molar-refractivity contribution in [1.82, 2.24) is 9.80 Å². The van der Waals surface area contributed by atoms with E-state index in [1.807, 2.05) is 60.7 Å². The van der Waals surface area contributed by atoms with Gasteiger partial charge in [-0.15, -0.1) is 11.6 Å². The molecule has 1 saturated carbocycles. The van der Waals surface area contributed by atoms with Crippen LogP contribution in [0.3, 0.4) is 0 Å². The van der Waals surface area contributed by atoms with E-state index in [2.05, 4.69) is 12.6 Å². The minimum absolute atomic E-state index is 0.101. The zero-order chi connectivity index (χ0) is 25.8. The summed E-state index contributed by atoms with van der Waals surface area (Å²) >= 11 is 12.6. The highest BCUT2D eigenvalue weighted by molar-refractivity contribution is 6.27. The molecule has 5 unspecified atom stereocenters. The topological polar surface area (TPSA) is 90.7 Å². The van der Waals surface area contributed by atoms with Gasteiger partial charge in [0.2, 0.25) is 6.41 Å². The van der Waals surface area contributed by atoms with Crippen molar-refractivity contribution in [2.24, 2.45) is 5.92 Å². The summed E-state index contributed by atoms with van der Waals surface area (Å²) < 4.78 is 5.96. The van der Waals surface area contributed by atoms with Crippen LogP contribution in [0.2, 0.25) is 0 Å². The van der Waals surface area contributed by atoms with Gasteiger partial charge in [-0.05, 0) is 29.5 Å². The van der Waals surface area contributed by atoms with E-state index in [9.17, 15) is 19.6 Å². The molecule has 2 aromatic rings. The third-order valence-electron chi connectivity index (χ3n) is 6.76. The monoisotopic (exact) mass is 525 g/mol. The standard InChI is InChI=1S/C27H25Cl2N3O4/c1-17(14-28)22(32-25(29)23(26(32)34)31(16-33)21-13-12-20(21)15-30)27(35)36-24(18-8-4-2-5-9-18)19-10-6-3-7-11-19/h2-11,16,20-25H,1,12-14H2. The van der Waals surface area contributed by atoms with Crippen LogP contribution in [0, 0.1) is 17.2 Å². The molecule has 0 aromatic heterocycles. The number of hydrogen-bond donors (Lipinski definition) is 0. The van der Waals surface area contributed by atoms with Gasteiger partial charge in [-0.25, -0.2) is 4.79 Å². The fourth-order valence-electron chi connectivity index (χ4n) is 4.66. The number of benzene rings is 2.